The zero-order chi connectivity index (χ0) is 19.3. The normalized spacial score (nSPS) is 21.4. The number of nitrogens with one attached hydrogen (secondary N) is 4. The quantitative estimate of drug-likeness (QED) is 0.544. The van der Waals surface area contributed by atoms with Crippen molar-refractivity contribution < 1.29 is 9.13 Å². The van der Waals surface area contributed by atoms with Crippen molar-refractivity contribution in [2.75, 3.05) is 33.3 Å². The van der Waals surface area contributed by atoms with Gasteiger partial charge in [0.2, 0.25) is 5.88 Å². The maximum Gasteiger partial charge on any atom is 0.232 e. The second-order valence-electron chi connectivity index (χ2n) is 7.40. The van der Waals surface area contributed by atoms with Crippen molar-refractivity contribution in [2.24, 2.45) is 5.92 Å². The number of ether oxygens (including phenoxy) is 1. The minimum absolute atomic E-state index is 0.262. The molecule has 1 aromatic heterocycles. The summed E-state index contributed by atoms with van der Waals surface area (Å²) in [7, 11) is 1.53. The van der Waals surface area contributed by atoms with Crippen LogP contribution >= 0.6 is 0 Å². The summed E-state index contributed by atoms with van der Waals surface area (Å²) in [6.45, 7) is 4.27. The number of benzene rings is 1. The maximum absolute atomic E-state index is 14.4. The zero-order valence-corrected chi connectivity index (χ0v) is 16.1. The zero-order valence-electron chi connectivity index (χ0n) is 16.1. The van der Waals surface area contributed by atoms with E-state index in [4.69, 9.17) is 4.74 Å². The number of nitrogens with zero attached hydrogens (tertiary/aromatic N) is 2. The van der Waals surface area contributed by atoms with Gasteiger partial charge in [-0.1, -0.05) is 0 Å². The van der Waals surface area contributed by atoms with Crippen LogP contribution in [-0.4, -0.2) is 49.3 Å². The van der Waals surface area contributed by atoms with Gasteiger partial charge in [0.1, 0.15) is 11.3 Å². The summed E-state index contributed by atoms with van der Waals surface area (Å²) in [5, 5.41) is 13.6. The average Bonchev–Trinajstić information content (AvgIpc) is 2.70. The molecule has 0 atom stereocenters. The lowest BCUT2D eigenvalue weighted by Crippen LogP contribution is -2.45. The molecule has 1 aliphatic heterocycles. The Balaban J connectivity index is 1.26. The van der Waals surface area contributed by atoms with Crippen molar-refractivity contribution in [3.8, 4) is 5.88 Å². The minimum atomic E-state index is -0.262. The summed E-state index contributed by atoms with van der Waals surface area (Å²) >= 11 is 0. The fourth-order valence-corrected chi connectivity index (χ4v) is 3.74. The molecule has 7 nitrogen and oxygen atoms in total. The highest BCUT2D eigenvalue weighted by molar-refractivity contribution is 5.78. The molecule has 4 rings (SSSR count). The van der Waals surface area contributed by atoms with Crippen LogP contribution in [0.25, 0.3) is 11.0 Å². The largest absolute Gasteiger partial charge is 0.480 e. The number of hydrogen-bond acceptors (Lipinski definition) is 7. The van der Waals surface area contributed by atoms with Crippen LogP contribution in [0.4, 0.5) is 4.39 Å². The van der Waals surface area contributed by atoms with Crippen LogP contribution < -0.4 is 26.0 Å². The topological polar surface area (TPSA) is 83.1 Å². The summed E-state index contributed by atoms with van der Waals surface area (Å²) in [5.41, 5.74) is 3.00. The number of rotatable bonds is 8. The number of aromatic nitrogens is 2. The highest BCUT2D eigenvalue weighted by Crippen LogP contribution is 2.28. The minimum Gasteiger partial charge on any atom is -0.480 e. The molecule has 8 heteroatoms. The molecule has 4 N–H and O–H groups in total. The molecule has 2 aliphatic rings. The number of halogens is 1. The Labute approximate surface area is 164 Å². The first-order valence-corrected chi connectivity index (χ1v) is 9.81. The van der Waals surface area contributed by atoms with Gasteiger partial charge in [-0.25, -0.2) is 14.4 Å². The van der Waals surface area contributed by atoms with Crippen LogP contribution in [0.5, 0.6) is 5.88 Å². The van der Waals surface area contributed by atoms with E-state index in [0.717, 1.165) is 39.0 Å². The van der Waals surface area contributed by atoms with Gasteiger partial charge in [0.15, 0.2) is 0 Å². The van der Waals surface area contributed by atoms with E-state index in [1.54, 1.807) is 12.3 Å². The van der Waals surface area contributed by atoms with Crippen LogP contribution in [-0.2, 0) is 6.54 Å². The molecule has 2 aromatic rings. The first-order valence-electron chi connectivity index (χ1n) is 9.81. The molecular weight excluding hydrogens is 359 g/mol. The molecule has 1 aliphatic carbocycles. The molecule has 28 heavy (non-hydrogen) atoms. The summed E-state index contributed by atoms with van der Waals surface area (Å²) in [6.07, 6.45) is 5.78. The molecule has 1 saturated carbocycles. The molecular formula is C20H27FN6O. The Hall–Kier alpha value is -2.45. The SMILES string of the molecule is COc1cnc2ccc(F)c(CNC3CC(CNCC4=CNCCN4)C3)c2n1. The number of methoxy groups -OCH3 is 1. The van der Waals surface area contributed by atoms with Crippen molar-refractivity contribution in [1.29, 1.82) is 0 Å². The molecule has 0 radical (unpaired) electrons. The molecule has 0 saturated heterocycles. The molecule has 0 spiro atoms. The Morgan fingerprint density at radius 1 is 1.25 bits per heavy atom. The second kappa shape index (κ2) is 8.70. The lowest BCUT2D eigenvalue weighted by atomic mass is 9.80. The monoisotopic (exact) mass is 386 g/mol. The Morgan fingerprint density at radius 3 is 2.93 bits per heavy atom. The van der Waals surface area contributed by atoms with E-state index in [0.29, 0.717) is 41.0 Å². The summed E-state index contributed by atoms with van der Waals surface area (Å²) < 4.78 is 19.5. The third-order valence-corrected chi connectivity index (χ3v) is 5.40. The molecule has 1 aromatic carbocycles. The van der Waals surface area contributed by atoms with Gasteiger partial charge in [-0.05, 0) is 37.4 Å². The van der Waals surface area contributed by atoms with Gasteiger partial charge in [-0.2, -0.15) is 0 Å². The van der Waals surface area contributed by atoms with Crippen LogP contribution in [0, 0.1) is 11.7 Å². The molecule has 0 bridgehead atoms. The van der Waals surface area contributed by atoms with Crippen LogP contribution in [0.3, 0.4) is 0 Å². The summed E-state index contributed by atoms with van der Waals surface area (Å²) in [4.78, 5) is 8.68. The Kier molecular flexibility index (Phi) is 5.87. The second-order valence-corrected chi connectivity index (χ2v) is 7.40. The fourth-order valence-electron chi connectivity index (χ4n) is 3.74. The van der Waals surface area contributed by atoms with E-state index in [-0.39, 0.29) is 5.82 Å². The Bertz CT molecular complexity index is 852. The fraction of sp³-hybridized carbons (Fsp3) is 0.500. The highest BCUT2D eigenvalue weighted by Gasteiger charge is 2.28. The van der Waals surface area contributed by atoms with E-state index < -0.39 is 0 Å². The molecule has 150 valence electrons. The standard InChI is InChI=1S/C20H27FN6O/c1-28-19-12-26-18-3-2-17(21)16(20(18)27-19)11-25-14-6-13(7-14)8-23-10-15-9-22-4-5-24-15/h2-3,9,12-14,22-25H,4-8,10-11H2,1H3. The number of hydrogen-bond donors (Lipinski definition) is 4. The van der Waals surface area contributed by atoms with Gasteiger partial charge in [0.25, 0.3) is 0 Å². The van der Waals surface area contributed by atoms with Gasteiger partial charge in [-0.15, -0.1) is 0 Å². The van der Waals surface area contributed by atoms with Crippen LogP contribution in [0.2, 0.25) is 0 Å². The van der Waals surface area contributed by atoms with Gasteiger partial charge < -0.3 is 26.0 Å². The molecule has 0 amide bonds. The van der Waals surface area contributed by atoms with Crippen molar-refractivity contribution in [1.82, 2.24) is 31.2 Å². The van der Waals surface area contributed by atoms with E-state index in [1.165, 1.54) is 18.9 Å². The average molecular weight is 386 g/mol. The Morgan fingerprint density at radius 2 is 2.14 bits per heavy atom. The summed E-state index contributed by atoms with van der Waals surface area (Å²) in [6, 6.07) is 3.52. The van der Waals surface area contributed by atoms with E-state index >= 15 is 0 Å². The van der Waals surface area contributed by atoms with Crippen LogP contribution in [0.1, 0.15) is 18.4 Å². The highest BCUT2D eigenvalue weighted by atomic mass is 19.1. The predicted molar refractivity (Wildman–Crippen MR) is 106 cm³/mol. The first-order chi connectivity index (χ1) is 13.7. The summed E-state index contributed by atoms with van der Waals surface area (Å²) in [5.74, 6) is 0.792. The van der Waals surface area contributed by atoms with Crippen molar-refractivity contribution in [3.05, 3.63) is 41.6 Å². The van der Waals surface area contributed by atoms with E-state index in [1.807, 2.05) is 6.20 Å². The maximum atomic E-state index is 14.4. The molecule has 1 fully saturated rings. The van der Waals surface area contributed by atoms with Gasteiger partial charge in [0, 0.05) is 49.7 Å². The molecule has 0 unspecified atom stereocenters. The van der Waals surface area contributed by atoms with Gasteiger partial charge in [-0.3, -0.25) is 0 Å². The lowest BCUT2D eigenvalue weighted by Gasteiger charge is -2.36. The van der Waals surface area contributed by atoms with Crippen molar-refractivity contribution in [2.45, 2.75) is 25.4 Å². The lowest BCUT2D eigenvalue weighted by molar-refractivity contribution is 0.216. The van der Waals surface area contributed by atoms with E-state index in [2.05, 4.69) is 31.2 Å². The van der Waals surface area contributed by atoms with Crippen LogP contribution in [0.15, 0.2) is 30.2 Å². The third kappa shape index (κ3) is 4.34. The van der Waals surface area contributed by atoms with E-state index in [9.17, 15) is 4.39 Å². The van der Waals surface area contributed by atoms with Gasteiger partial charge in [0.05, 0.1) is 18.8 Å². The van der Waals surface area contributed by atoms with Gasteiger partial charge >= 0.3 is 0 Å². The first kappa shape index (κ1) is 18.9. The predicted octanol–water partition coefficient (Wildman–Crippen LogP) is 1.27. The third-order valence-electron chi connectivity index (χ3n) is 5.40. The van der Waals surface area contributed by atoms with Crippen molar-refractivity contribution in [3.63, 3.8) is 0 Å². The smallest absolute Gasteiger partial charge is 0.232 e. The van der Waals surface area contributed by atoms with Crippen molar-refractivity contribution >= 4 is 11.0 Å². The number of fused-ring (bicyclic) bond motifs is 1. The molecule has 2 heterocycles.